The minimum absolute atomic E-state index is 0.728. The van der Waals surface area contributed by atoms with Crippen LogP contribution in [0.2, 0.25) is 0 Å². The summed E-state index contributed by atoms with van der Waals surface area (Å²) in [5, 5.41) is 12.6. The van der Waals surface area contributed by atoms with Crippen LogP contribution in [-0.4, -0.2) is 10.9 Å². The van der Waals surface area contributed by atoms with Gasteiger partial charge in [-0.1, -0.05) is 36.6 Å². The van der Waals surface area contributed by atoms with E-state index in [4.69, 9.17) is 5.21 Å². The smallest absolute Gasteiger partial charge is 0.0870 e. The third kappa shape index (κ3) is 2.16. The van der Waals surface area contributed by atoms with Gasteiger partial charge in [-0.2, -0.15) is 0 Å². The van der Waals surface area contributed by atoms with E-state index in [-0.39, 0.29) is 0 Å². The minimum Gasteiger partial charge on any atom is -0.411 e. The summed E-state index contributed by atoms with van der Waals surface area (Å²) < 4.78 is 0. The molecule has 0 aromatic heterocycles. The number of benzene rings is 1. The number of aryl methyl sites for hydroxylation is 1. The first kappa shape index (κ1) is 11.8. The zero-order valence-electron chi connectivity index (χ0n) is 10.9. The van der Waals surface area contributed by atoms with Gasteiger partial charge in [0.15, 0.2) is 0 Å². The monoisotopic (exact) mass is 243 g/mol. The molecule has 96 valence electrons. The topological polar surface area (TPSA) is 32.6 Å². The van der Waals surface area contributed by atoms with Crippen molar-refractivity contribution in [2.75, 3.05) is 0 Å². The molecule has 0 saturated heterocycles. The molecule has 2 aliphatic rings. The standard InChI is InChI=1S/C16H21NO/c18-17-16-8-4-7-13-9-10-14(11-15(13)16)12-5-2-1-3-6-12/h9-12,18H,1-8H2/b17-16+. The predicted octanol–water partition coefficient (Wildman–Crippen LogP) is 4.25. The summed E-state index contributed by atoms with van der Waals surface area (Å²) in [4.78, 5) is 0. The Balaban J connectivity index is 1.93. The van der Waals surface area contributed by atoms with E-state index in [9.17, 15) is 0 Å². The number of oxime groups is 1. The molecule has 1 saturated carbocycles. The SMILES string of the molecule is O/N=C1\CCCc2ccc(C3CCCCC3)cc21. The average molecular weight is 243 g/mol. The number of hydrogen-bond acceptors (Lipinski definition) is 2. The summed E-state index contributed by atoms with van der Waals surface area (Å²) in [5.74, 6) is 0.728. The van der Waals surface area contributed by atoms with Crippen LogP contribution in [0.25, 0.3) is 0 Å². The molecule has 0 spiro atoms. The van der Waals surface area contributed by atoms with Gasteiger partial charge in [-0.05, 0) is 55.2 Å². The van der Waals surface area contributed by atoms with Crippen LogP contribution in [0.3, 0.4) is 0 Å². The van der Waals surface area contributed by atoms with Crippen LogP contribution in [0, 0.1) is 0 Å². The maximum Gasteiger partial charge on any atom is 0.0870 e. The van der Waals surface area contributed by atoms with E-state index in [1.807, 2.05) is 0 Å². The summed E-state index contributed by atoms with van der Waals surface area (Å²) in [6.07, 6.45) is 9.91. The van der Waals surface area contributed by atoms with E-state index in [0.29, 0.717) is 0 Å². The molecule has 0 heterocycles. The maximum atomic E-state index is 9.13. The third-order valence-electron chi connectivity index (χ3n) is 4.50. The van der Waals surface area contributed by atoms with Crippen LogP contribution < -0.4 is 0 Å². The molecule has 0 bridgehead atoms. The highest BCUT2D eigenvalue weighted by molar-refractivity contribution is 6.02. The van der Waals surface area contributed by atoms with Crippen LogP contribution in [-0.2, 0) is 6.42 Å². The fraction of sp³-hybridized carbons (Fsp3) is 0.562. The number of rotatable bonds is 1. The highest BCUT2D eigenvalue weighted by Gasteiger charge is 2.20. The lowest BCUT2D eigenvalue weighted by Gasteiger charge is -2.24. The van der Waals surface area contributed by atoms with E-state index < -0.39 is 0 Å². The summed E-state index contributed by atoms with van der Waals surface area (Å²) in [7, 11) is 0. The quantitative estimate of drug-likeness (QED) is 0.580. The Morgan fingerprint density at radius 1 is 1.00 bits per heavy atom. The predicted molar refractivity (Wildman–Crippen MR) is 73.5 cm³/mol. The second-order valence-electron chi connectivity index (χ2n) is 5.65. The van der Waals surface area contributed by atoms with Crippen molar-refractivity contribution in [2.45, 2.75) is 57.3 Å². The lowest BCUT2D eigenvalue weighted by atomic mass is 9.81. The molecule has 2 heteroatoms. The maximum absolute atomic E-state index is 9.13. The molecule has 1 aromatic carbocycles. The van der Waals surface area contributed by atoms with Crippen LogP contribution in [0.5, 0.6) is 0 Å². The Morgan fingerprint density at radius 2 is 1.83 bits per heavy atom. The van der Waals surface area contributed by atoms with Gasteiger partial charge in [0.05, 0.1) is 5.71 Å². The molecule has 0 atom stereocenters. The van der Waals surface area contributed by atoms with Crippen molar-refractivity contribution in [2.24, 2.45) is 5.16 Å². The summed E-state index contributed by atoms with van der Waals surface area (Å²) in [6.45, 7) is 0. The van der Waals surface area contributed by atoms with Gasteiger partial charge in [0.2, 0.25) is 0 Å². The third-order valence-corrected chi connectivity index (χ3v) is 4.50. The van der Waals surface area contributed by atoms with Gasteiger partial charge in [0.1, 0.15) is 0 Å². The van der Waals surface area contributed by atoms with Crippen molar-refractivity contribution < 1.29 is 5.21 Å². The van der Waals surface area contributed by atoms with E-state index >= 15 is 0 Å². The lowest BCUT2D eigenvalue weighted by Crippen LogP contribution is -2.14. The van der Waals surface area contributed by atoms with Gasteiger partial charge in [0, 0.05) is 5.56 Å². The van der Waals surface area contributed by atoms with E-state index in [2.05, 4.69) is 23.4 Å². The van der Waals surface area contributed by atoms with Gasteiger partial charge >= 0.3 is 0 Å². The van der Waals surface area contributed by atoms with Gasteiger partial charge in [-0.15, -0.1) is 0 Å². The summed E-state index contributed by atoms with van der Waals surface area (Å²) in [6, 6.07) is 6.85. The highest BCUT2D eigenvalue weighted by atomic mass is 16.4. The Kier molecular flexibility index (Phi) is 3.35. The molecule has 18 heavy (non-hydrogen) atoms. The molecule has 0 radical (unpaired) electrons. The number of hydrogen-bond donors (Lipinski definition) is 1. The van der Waals surface area contributed by atoms with Gasteiger partial charge in [-0.25, -0.2) is 0 Å². The molecule has 2 aliphatic carbocycles. The molecular formula is C16H21NO. The van der Waals surface area contributed by atoms with Crippen molar-refractivity contribution in [3.63, 3.8) is 0 Å². The molecule has 1 fully saturated rings. The number of nitrogens with zero attached hydrogens (tertiary/aromatic N) is 1. The highest BCUT2D eigenvalue weighted by Crippen LogP contribution is 2.34. The molecule has 0 aliphatic heterocycles. The van der Waals surface area contributed by atoms with Crippen molar-refractivity contribution >= 4 is 5.71 Å². The Morgan fingerprint density at radius 3 is 2.61 bits per heavy atom. The van der Waals surface area contributed by atoms with Gasteiger partial charge in [-0.3, -0.25) is 0 Å². The molecule has 1 aromatic rings. The van der Waals surface area contributed by atoms with Crippen molar-refractivity contribution in [3.8, 4) is 0 Å². The molecule has 1 N–H and O–H groups in total. The molecule has 2 nitrogen and oxygen atoms in total. The first-order chi connectivity index (χ1) is 8.88. The number of fused-ring (bicyclic) bond motifs is 1. The summed E-state index contributed by atoms with van der Waals surface area (Å²) >= 11 is 0. The first-order valence-corrected chi connectivity index (χ1v) is 7.22. The molecule has 0 unspecified atom stereocenters. The van der Waals surface area contributed by atoms with Crippen LogP contribution in [0.15, 0.2) is 23.4 Å². The van der Waals surface area contributed by atoms with Crippen LogP contribution in [0.1, 0.15) is 67.6 Å². The zero-order chi connectivity index (χ0) is 12.4. The Labute approximate surface area is 109 Å². The van der Waals surface area contributed by atoms with Crippen molar-refractivity contribution in [1.29, 1.82) is 0 Å². The fourth-order valence-corrected chi connectivity index (χ4v) is 3.46. The van der Waals surface area contributed by atoms with Gasteiger partial charge < -0.3 is 5.21 Å². The summed E-state index contributed by atoms with van der Waals surface area (Å²) in [5.41, 5.74) is 4.89. The van der Waals surface area contributed by atoms with Gasteiger partial charge in [0.25, 0.3) is 0 Å². The zero-order valence-corrected chi connectivity index (χ0v) is 10.9. The van der Waals surface area contributed by atoms with E-state index in [1.54, 1.807) is 0 Å². The second-order valence-corrected chi connectivity index (χ2v) is 5.65. The fourth-order valence-electron chi connectivity index (χ4n) is 3.46. The molecule has 3 rings (SSSR count). The largest absolute Gasteiger partial charge is 0.411 e. The van der Waals surface area contributed by atoms with E-state index in [0.717, 1.165) is 30.9 Å². The Hall–Kier alpha value is -1.31. The van der Waals surface area contributed by atoms with Crippen LogP contribution >= 0.6 is 0 Å². The second kappa shape index (κ2) is 5.13. The lowest BCUT2D eigenvalue weighted by molar-refractivity contribution is 0.317. The molecule has 0 amide bonds. The van der Waals surface area contributed by atoms with Crippen molar-refractivity contribution in [1.82, 2.24) is 0 Å². The first-order valence-electron chi connectivity index (χ1n) is 7.22. The van der Waals surface area contributed by atoms with E-state index in [1.165, 1.54) is 48.8 Å². The van der Waals surface area contributed by atoms with Crippen LogP contribution in [0.4, 0.5) is 0 Å². The molecular weight excluding hydrogens is 222 g/mol. The normalized spacial score (nSPS) is 23.0. The minimum atomic E-state index is 0.728. The van der Waals surface area contributed by atoms with Crippen molar-refractivity contribution in [3.05, 3.63) is 34.9 Å². The average Bonchev–Trinajstić information content (AvgIpc) is 2.47. The Bertz CT molecular complexity index is 458.